The highest BCUT2D eigenvalue weighted by Crippen LogP contribution is 2.38. The van der Waals surface area contributed by atoms with Crippen LogP contribution in [0, 0.1) is 0 Å². The molecule has 0 saturated carbocycles. The lowest BCUT2D eigenvalue weighted by atomic mass is 10.0. The number of carbonyl (C=O) groups excluding carboxylic acids is 2. The fourth-order valence-electron chi connectivity index (χ4n) is 4.08. The van der Waals surface area contributed by atoms with Crippen molar-refractivity contribution < 1.29 is 14.3 Å². The van der Waals surface area contributed by atoms with Crippen LogP contribution in [-0.2, 0) is 35.5 Å². The van der Waals surface area contributed by atoms with E-state index in [2.05, 4.69) is 22.0 Å². The summed E-state index contributed by atoms with van der Waals surface area (Å²) in [5, 5.41) is 3.77. The molecule has 2 amide bonds. The fourth-order valence-corrected chi connectivity index (χ4v) is 5.35. The number of aromatic nitrogens is 1. The Bertz CT molecular complexity index is 1240. The molecule has 4 rings (SSSR count). The van der Waals surface area contributed by atoms with E-state index in [4.69, 9.17) is 4.74 Å². The molecule has 0 unspecified atom stereocenters. The summed E-state index contributed by atoms with van der Waals surface area (Å²) >= 11 is 1.51. The Kier molecular flexibility index (Phi) is 8.05. The third-order valence-electron chi connectivity index (χ3n) is 5.74. The van der Waals surface area contributed by atoms with Crippen molar-refractivity contribution in [3.05, 3.63) is 82.0 Å². The number of para-hydroxylation sites is 1. The van der Waals surface area contributed by atoms with Crippen LogP contribution in [0.15, 0.2) is 59.9 Å². The average Bonchev–Trinajstić information content (AvgIpc) is 3.20. The number of amides is 2. The second-order valence-corrected chi connectivity index (χ2v) is 9.20. The van der Waals surface area contributed by atoms with Crippen LogP contribution in [0.25, 0.3) is 6.08 Å². The quantitative estimate of drug-likeness (QED) is 0.355. The summed E-state index contributed by atoms with van der Waals surface area (Å²) in [4.78, 5) is 36.7. The lowest BCUT2D eigenvalue weighted by molar-refractivity contribution is -0.131. The van der Waals surface area contributed by atoms with Gasteiger partial charge in [0.25, 0.3) is 0 Å². The van der Waals surface area contributed by atoms with E-state index in [1.807, 2.05) is 48.2 Å². The average molecular weight is 489 g/mol. The van der Waals surface area contributed by atoms with Crippen LogP contribution < -0.4 is 10.1 Å². The Balaban J connectivity index is 1.47. The highest BCUT2D eigenvalue weighted by Gasteiger charge is 2.27. The first-order chi connectivity index (χ1) is 17.1. The molecule has 0 spiro atoms. The summed E-state index contributed by atoms with van der Waals surface area (Å²) < 4.78 is 5.62. The number of ether oxygens (including phenoxy) is 1. The molecule has 8 heteroatoms. The third-order valence-corrected chi connectivity index (χ3v) is 6.91. The Morgan fingerprint density at radius 2 is 2.14 bits per heavy atom. The molecule has 3 aromatic rings. The molecule has 1 aliphatic heterocycles. The van der Waals surface area contributed by atoms with Crippen LogP contribution in [0.5, 0.6) is 5.75 Å². The molecule has 3 heterocycles. The first-order valence-corrected chi connectivity index (χ1v) is 12.3. The number of thiophene rings is 1. The number of hydrogen-bond acceptors (Lipinski definition) is 6. The van der Waals surface area contributed by atoms with Gasteiger partial charge in [0.05, 0.1) is 26.1 Å². The molecule has 35 heavy (non-hydrogen) atoms. The number of rotatable bonds is 9. The van der Waals surface area contributed by atoms with Gasteiger partial charge in [-0.3, -0.25) is 19.6 Å². The molecule has 1 N–H and O–H groups in total. The minimum Gasteiger partial charge on any atom is -0.493 e. The Labute approximate surface area is 209 Å². The number of anilines is 1. The summed E-state index contributed by atoms with van der Waals surface area (Å²) in [6, 6.07) is 11.3. The summed E-state index contributed by atoms with van der Waals surface area (Å²) in [7, 11) is 0. The first-order valence-electron chi connectivity index (χ1n) is 11.5. The number of nitrogens with zero attached hydrogens (tertiary/aromatic N) is 3. The predicted molar refractivity (Wildman–Crippen MR) is 140 cm³/mol. The van der Waals surface area contributed by atoms with Crippen molar-refractivity contribution in [2.24, 2.45) is 4.99 Å². The smallest absolute Gasteiger partial charge is 0.248 e. The number of nitrogens with one attached hydrogen (secondary N) is 1. The summed E-state index contributed by atoms with van der Waals surface area (Å²) in [6.45, 7) is 7.70. The first kappa shape index (κ1) is 24.3. The fraction of sp³-hybridized carbons (Fsp3) is 0.259. The number of benzene rings is 1. The van der Waals surface area contributed by atoms with Gasteiger partial charge in [0.15, 0.2) is 0 Å². The van der Waals surface area contributed by atoms with Crippen molar-refractivity contribution in [3.8, 4) is 5.75 Å². The maximum atomic E-state index is 12.9. The molecule has 0 saturated heterocycles. The van der Waals surface area contributed by atoms with Gasteiger partial charge < -0.3 is 15.0 Å². The second kappa shape index (κ2) is 11.6. The number of pyridine rings is 1. The molecule has 0 radical (unpaired) electrons. The molecule has 1 aliphatic rings. The van der Waals surface area contributed by atoms with E-state index in [0.29, 0.717) is 32.7 Å². The monoisotopic (exact) mass is 488 g/mol. The van der Waals surface area contributed by atoms with E-state index < -0.39 is 0 Å². The van der Waals surface area contributed by atoms with Crippen molar-refractivity contribution in [1.29, 1.82) is 0 Å². The van der Waals surface area contributed by atoms with E-state index in [9.17, 15) is 9.59 Å². The van der Waals surface area contributed by atoms with Crippen molar-refractivity contribution >= 4 is 40.9 Å². The highest BCUT2D eigenvalue weighted by molar-refractivity contribution is 7.16. The van der Waals surface area contributed by atoms with Crippen molar-refractivity contribution in [3.63, 3.8) is 0 Å². The standard InChI is InChI=1S/C27H28N4O3S/c1-3-34-23-9-5-4-8-20(23)10-11-25(32)30-27-22(17-28-2)21-12-14-31(18-24(21)35-27)26(33)15-19-7-6-13-29-16-19/h4-11,13,16H,2-3,12,14-15,17-18H2,1H3,(H,30,32)/b11-10+. The summed E-state index contributed by atoms with van der Waals surface area (Å²) in [6.07, 6.45) is 7.73. The summed E-state index contributed by atoms with van der Waals surface area (Å²) in [5.74, 6) is 0.574. The largest absolute Gasteiger partial charge is 0.493 e. The van der Waals surface area contributed by atoms with Gasteiger partial charge >= 0.3 is 0 Å². The Morgan fingerprint density at radius 3 is 2.91 bits per heavy atom. The zero-order valence-electron chi connectivity index (χ0n) is 19.7. The summed E-state index contributed by atoms with van der Waals surface area (Å²) in [5.41, 5.74) is 3.88. The SMILES string of the molecule is C=NCc1c(NC(=O)/C=C/c2ccccc2OCC)sc2c1CCN(C(=O)Cc1cccnc1)C2. The van der Waals surface area contributed by atoms with E-state index in [0.717, 1.165) is 44.3 Å². The van der Waals surface area contributed by atoms with Crippen LogP contribution in [0.1, 0.15) is 34.1 Å². The van der Waals surface area contributed by atoms with Gasteiger partial charge in [0, 0.05) is 41.0 Å². The van der Waals surface area contributed by atoms with E-state index in [1.54, 1.807) is 18.5 Å². The van der Waals surface area contributed by atoms with Gasteiger partial charge in [0.1, 0.15) is 10.8 Å². The Hall–Kier alpha value is -3.78. The van der Waals surface area contributed by atoms with Gasteiger partial charge in [-0.1, -0.05) is 24.3 Å². The van der Waals surface area contributed by atoms with Crippen molar-refractivity contribution in [2.75, 3.05) is 18.5 Å². The van der Waals surface area contributed by atoms with E-state index >= 15 is 0 Å². The van der Waals surface area contributed by atoms with Gasteiger partial charge in [-0.15, -0.1) is 11.3 Å². The highest BCUT2D eigenvalue weighted by atomic mass is 32.1. The minimum atomic E-state index is -0.232. The van der Waals surface area contributed by atoms with Gasteiger partial charge in [-0.2, -0.15) is 0 Å². The second-order valence-electron chi connectivity index (χ2n) is 8.09. The van der Waals surface area contributed by atoms with Crippen LogP contribution in [-0.4, -0.2) is 41.6 Å². The van der Waals surface area contributed by atoms with Gasteiger partial charge in [-0.05, 0) is 49.4 Å². The van der Waals surface area contributed by atoms with Crippen LogP contribution in [0.2, 0.25) is 0 Å². The zero-order chi connectivity index (χ0) is 24.6. The maximum absolute atomic E-state index is 12.9. The molecule has 0 bridgehead atoms. The molecule has 180 valence electrons. The zero-order valence-corrected chi connectivity index (χ0v) is 20.5. The maximum Gasteiger partial charge on any atom is 0.248 e. The number of carbonyl (C=O) groups is 2. The van der Waals surface area contributed by atoms with Gasteiger partial charge in [0.2, 0.25) is 11.8 Å². The lowest BCUT2D eigenvalue weighted by Crippen LogP contribution is -2.36. The molecule has 7 nitrogen and oxygen atoms in total. The third kappa shape index (κ3) is 6.02. The van der Waals surface area contributed by atoms with Crippen LogP contribution in [0.3, 0.4) is 0 Å². The molecular formula is C27H28N4O3S. The molecule has 0 atom stereocenters. The predicted octanol–water partition coefficient (Wildman–Crippen LogP) is 4.52. The van der Waals surface area contributed by atoms with Crippen LogP contribution in [0.4, 0.5) is 5.00 Å². The Morgan fingerprint density at radius 1 is 1.29 bits per heavy atom. The number of hydrogen-bond donors (Lipinski definition) is 1. The molecule has 1 aromatic carbocycles. The topological polar surface area (TPSA) is 83.9 Å². The van der Waals surface area contributed by atoms with Crippen molar-refractivity contribution in [2.45, 2.75) is 32.9 Å². The number of aliphatic imine (C=N–C) groups is 1. The molecule has 0 fully saturated rings. The van der Waals surface area contributed by atoms with E-state index in [1.165, 1.54) is 17.4 Å². The molecule has 0 aliphatic carbocycles. The number of fused-ring (bicyclic) bond motifs is 1. The van der Waals surface area contributed by atoms with Crippen LogP contribution >= 0.6 is 11.3 Å². The van der Waals surface area contributed by atoms with Gasteiger partial charge in [-0.25, -0.2) is 0 Å². The normalized spacial score (nSPS) is 12.9. The molecule has 2 aromatic heterocycles. The van der Waals surface area contributed by atoms with E-state index in [-0.39, 0.29) is 11.8 Å². The lowest BCUT2D eigenvalue weighted by Gasteiger charge is -2.27. The molecular weight excluding hydrogens is 460 g/mol. The van der Waals surface area contributed by atoms with Crippen molar-refractivity contribution in [1.82, 2.24) is 9.88 Å². The minimum absolute atomic E-state index is 0.0712.